The molecule has 14 nitrogen and oxygen atoms in total. The Kier molecular flexibility index (Phi) is 7.45. The van der Waals surface area contributed by atoms with Crippen LogP contribution in [0.5, 0.6) is 0 Å². The van der Waals surface area contributed by atoms with E-state index >= 15 is 0 Å². The highest BCUT2D eigenvalue weighted by Gasteiger charge is 2.29. The average Bonchev–Trinajstić information content (AvgIpc) is 3.34. The van der Waals surface area contributed by atoms with Crippen LogP contribution in [0.2, 0.25) is 0 Å². The Morgan fingerprint density at radius 3 is 2.46 bits per heavy atom. The molecule has 8 N–H and O–H groups in total. The number of anilines is 4. The number of carbonyl (C=O) groups excluding carboxylic acids is 1. The van der Waals surface area contributed by atoms with Gasteiger partial charge in [-0.3, -0.25) is 4.79 Å². The average molecular weight is 558 g/mol. The van der Waals surface area contributed by atoms with Crippen LogP contribution in [-0.4, -0.2) is 66.6 Å². The first-order valence-corrected chi connectivity index (χ1v) is 12.7. The van der Waals surface area contributed by atoms with Crippen molar-refractivity contribution in [2.75, 3.05) is 28.2 Å². The number of carboxylic acid groups (broad SMARTS) is 2. The van der Waals surface area contributed by atoms with Crippen LogP contribution in [0.1, 0.15) is 28.0 Å². The number of fused-ring (bicyclic) bond motifs is 2. The van der Waals surface area contributed by atoms with E-state index in [4.69, 9.17) is 11.5 Å². The second kappa shape index (κ2) is 11.3. The molecule has 14 heteroatoms. The number of carboxylic acids is 2. The van der Waals surface area contributed by atoms with Crippen LogP contribution in [0.15, 0.2) is 54.7 Å². The number of nitrogens with two attached hydrogens (primary N) is 2. The number of hydrogen-bond donors (Lipinski definition) is 6. The molecule has 41 heavy (non-hydrogen) atoms. The van der Waals surface area contributed by atoms with Crippen molar-refractivity contribution in [3.63, 3.8) is 0 Å². The van der Waals surface area contributed by atoms with E-state index in [0.29, 0.717) is 42.1 Å². The van der Waals surface area contributed by atoms with Gasteiger partial charge in [0, 0.05) is 29.9 Å². The molecule has 5 rings (SSSR count). The fraction of sp³-hybridized carbons (Fsp3) is 0.222. The molecule has 1 unspecified atom stereocenters. The lowest BCUT2D eigenvalue weighted by Crippen LogP contribution is -2.46. The molecule has 1 amide bonds. The molecule has 4 aromatic rings. The van der Waals surface area contributed by atoms with Crippen molar-refractivity contribution in [2.24, 2.45) is 0 Å². The first kappa shape index (κ1) is 27.1. The molecule has 0 bridgehead atoms. The number of carbonyl (C=O) groups is 3. The zero-order valence-corrected chi connectivity index (χ0v) is 21.7. The predicted molar refractivity (Wildman–Crippen MR) is 150 cm³/mol. The number of hydrogen-bond acceptors (Lipinski definition) is 11. The van der Waals surface area contributed by atoms with Crippen molar-refractivity contribution in [1.82, 2.24) is 25.3 Å². The van der Waals surface area contributed by atoms with E-state index in [-0.39, 0.29) is 23.8 Å². The van der Waals surface area contributed by atoms with Crippen molar-refractivity contribution < 1.29 is 24.6 Å². The fourth-order valence-corrected chi connectivity index (χ4v) is 4.69. The van der Waals surface area contributed by atoms with Gasteiger partial charge in [-0.15, -0.1) is 0 Å². The lowest BCUT2D eigenvalue weighted by Gasteiger charge is -2.21. The second-order valence-corrected chi connectivity index (χ2v) is 9.52. The molecule has 0 spiro atoms. The molecule has 3 heterocycles. The van der Waals surface area contributed by atoms with E-state index < -0.39 is 29.9 Å². The van der Waals surface area contributed by atoms with E-state index in [0.717, 1.165) is 11.3 Å². The van der Waals surface area contributed by atoms with E-state index in [1.807, 2.05) is 0 Å². The molecule has 1 aliphatic rings. The van der Waals surface area contributed by atoms with E-state index in [1.54, 1.807) is 54.7 Å². The van der Waals surface area contributed by atoms with Crippen LogP contribution in [0.3, 0.4) is 0 Å². The monoisotopic (exact) mass is 557 g/mol. The molecule has 2 atom stereocenters. The van der Waals surface area contributed by atoms with E-state index in [1.165, 1.54) is 0 Å². The van der Waals surface area contributed by atoms with Crippen molar-refractivity contribution in [2.45, 2.75) is 31.5 Å². The zero-order valence-electron chi connectivity index (χ0n) is 21.7. The van der Waals surface area contributed by atoms with Gasteiger partial charge < -0.3 is 37.2 Å². The number of para-hydroxylation sites is 1. The highest BCUT2D eigenvalue weighted by Crippen LogP contribution is 2.30. The van der Waals surface area contributed by atoms with E-state index in [2.05, 4.69) is 35.5 Å². The number of benzene rings is 2. The minimum absolute atomic E-state index is 0.0191. The first-order chi connectivity index (χ1) is 19.7. The molecule has 0 aliphatic carbocycles. The van der Waals surface area contributed by atoms with Crippen molar-refractivity contribution in [1.29, 1.82) is 0 Å². The maximum Gasteiger partial charge on any atom is 0.326 e. The smallest absolute Gasteiger partial charge is 0.326 e. The minimum Gasteiger partial charge on any atom is -0.480 e. The van der Waals surface area contributed by atoms with Crippen LogP contribution in [0, 0.1) is 0 Å². The largest absolute Gasteiger partial charge is 0.480 e. The van der Waals surface area contributed by atoms with Crippen LogP contribution >= 0.6 is 0 Å². The molecular formula is C27H27N9O5. The standard InChI is InChI=1S/C27H27N9O5/c28-22-21-23(35-27(29)34-22)30-12-17(32-21)13-36-9-8-14-10-15(6-7-20(14)36)24(37)33-19(26(40)41)11-18(25(38)39)31-16-4-2-1-3-5-16/h1-7,10,12,18-19,31H,8-9,11,13H2,(H,33,37)(H,38,39)(H,40,41)(H4,28,29,30,34,35)/t18?,19-/m0/s1. The summed E-state index contributed by atoms with van der Waals surface area (Å²) in [5.74, 6) is -3.02. The Labute approximate surface area is 233 Å². The Balaban J connectivity index is 1.27. The second-order valence-electron chi connectivity index (χ2n) is 9.52. The molecule has 1 aliphatic heterocycles. The molecular weight excluding hydrogens is 530 g/mol. The highest BCUT2D eigenvalue weighted by molar-refractivity contribution is 5.97. The quantitative estimate of drug-likeness (QED) is 0.162. The summed E-state index contributed by atoms with van der Waals surface area (Å²) in [5.41, 5.74) is 15.5. The first-order valence-electron chi connectivity index (χ1n) is 12.7. The van der Waals surface area contributed by atoms with Crippen molar-refractivity contribution >= 4 is 52.2 Å². The van der Waals surface area contributed by atoms with Crippen LogP contribution < -0.4 is 27.0 Å². The molecule has 0 fully saturated rings. The summed E-state index contributed by atoms with van der Waals surface area (Å²) in [6.07, 6.45) is 1.89. The Morgan fingerprint density at radius 2 is 1.73 bits per heavy atom. The van der Waals surface area contributed by atoms with Gasteiger partial charge in [0.05, 0.1) is 18.4 Å². The Bertz CT molecular complexity index is 1630. The SMILES string of the molecule is Nc1nc(N)c2nc(CN3CCc4cc(C(=O)N[C@@H](CC(Nc5ccccc5)C(=O)O)C(=O)O)ccc43)cnc2n1. The molecule has 0 saturated carbocycles. The van der Waals surface area contributed by atoms with Gasteiger partial charge in [0.25, 0.3) is 5.91 Å². The lowest BCUT2D eigenvalue weighted by atomic mass is 10.0. The van der Waals surface area contributed by atoms with Gasteiger partial charge in [-0.2, -0.15) is 9.97 Å². The summed E-state index contributed by atoms with van der Waals surface area (Å²) in [4.78, 5) is 55.6. The van der Waals surface area contributed by atoms with Crippen LogP contribution in [0.4, 0.5) is 23.1 Å². The number of rotatable bonds is 10. The summed E-state index contributed by atoms with van der Waals surface area (Å²) in [6, 6.07) is 11.0. The topological polar surface area (TPSA) is 223 Å². The summed E-state index contributed by atoms with van der Waals surface area (Å²) < 4.78 is 0. The molecule has 2 aromatic heterocycles. The predicted octanol–water partition coefficient (Wildman–Crippen LogP) is 1.29. The summed E-state index contributed by atoms with van der Waals surface area (Å²) in [6.45, 7) is 1.09. The number of aromatic nitrogens is 4. The number of aliphatic carboxylic acids is 2. The highest BCUT2D eigenvalue weighted by atomic mass is 16.4. The normalized spacial score (nSPS) is 13.8. The maximum absolute atomic E-state index is 13.0. The van der Waals surface area contributed by atoms with Gasteiger partial charge in [-0.25, -0.2) is 19.6 Å². The van der Waals surface area contributed by atoms with Gasteiger partial charge >= 0.3 is 11.9 Å². The van der Waals surface area contributed by atoms with Crippen molar-refractivity contribution in [3.8, 4) is 0 Å². The number of nitrogens with one attached hydrogen (secondary N) is 2. The molecule has 2 aromatic carbocycles. The summed E-state index contributed by atoms with van der Waals surface area (Å²) >= 11 is 0. The maximum atomic E-state index is 13.0. The minimum atomic E-state index is -1.43. The molecule has 0 saturated heterocycles. The molecule has 0 radical (unpaired) electrons. The van der Waals surface area contributed by atoms with Crippen LogP contribution in [0.25, 0.3) is 11.2 Å². The molecule has 210 valence electrons. The van der Waals surface area contributed by atoms with Crippen molar-refractivity contribution in [3.05, 3.63) is 71.5 Å². The van der Waals surface area contributed by atoms with Gasteiger partial charge in [0.15, 0.2) is 17.0 Å². The van der Waals surface area contributed by atoms with E-state index in [9.17, 15) is 24.6 Å². The summed E-state index contributed by atoms with van der Waals surface area (Å²) in [7, 11) is 0. The Morgan fingerprint density at radius 1 is 0.976 bits per heavy atom. The fourth-order valence-electron chi connectivity index (χ4n) is 4.69. The number of amides is 1. The van der Waals surface area contributed by atoms with Gasteiger partial charge in [-0.1, -0.05) is 18.2 Å². The summed E-state index contributed by atoms with van der Waals surface area (Å²) in [5, 5.41) is 24.6. The number of nitrogens with zero attached hydrogens (tertiary/aromatic N) is 5. The lowest BCUT2D eigenvalue weighted by molar-refractivity contribution is -0.141. The van der Waals surface area contributed by atoms with Gasteiger partial charge in [0.1, 0.15) is 12.1 Å². The van der Waals surface area contributed by atoms with Gasteiger partial charge in [-0.05, 0) is 42.3 Å². The van der Waals surface area contributed by atoms with Crippen LogP contribution in [-0.2, 0) is 22.6 Å². The third-order valence-electron chi connectivity index (χ3n) is 6.68. The zero-order chi connectivity index (χ0) is 29.1. The third-order valence-corrected chi connectivity index (χ3v) is 6.68. The Hall–Kier alpha value is -5.53. The van der Waals surface area contributed by atoms with Gasteiger partial charge in [0.2, 0.25) is 5.95 Å². The number of nitrogen functional groups attached to an aromatic ring is 2. The third kappa shape index (κ3) is 6.06.